The number of aliphatic hydroxyl groups is 2. The molecule has 0 bridgehead atoms. The molecule has 9 heteroatoms. The summed E-state index contributed by atoms with van der Waals surface area (Å²) >= 11 is 0. The number of nitrogens with zero attached hydrogens (tertiary/aromatic N) is 5. The number of aliphatic hydroxyl groups excluding tert-OH is 2. The molecule has 0 spiro atoms. The molecule has 3 aromatic heterocycles. The summed E-state index contributed by atoms with van der Waals surface area (Å²) in [6.07, 6.45) is 5.69. The average molecular weight is 956 g/mol. The summed E-state index contributed by atoms with van der Waals surface area (Å²) in [5, 5.41) is 17.5. The molecule has 0 unspecified atom stereocenters. The van der Waals surface area contributed by atoms with E-state index in [0.29, 0.717) is 48.6 Å². The first-order valence-electron chi connectivity index (χ1n) is 25.2. The Hall–Kier alpha value is -5.13. The van der Waals surface area contributed by atoms with E-state index < -0.39 is 0 Å². The zero-order chi connectivity index (χ0) is 52.8. The molecule has 0 aliphatic carbocycles. The second-order valence-electron chi connectivity index (χ2n) is 20.1. The predicted octanol–water partition coefficient (Wildman–Crippen LogP) is 13.1. The van der Waals surface area contributed by atoms with Crippen molar-refractivity contribution in [2.45, 2.75) is 158 Å². The van der Waals surface area contributed by atoms with Gasteiger partial charge in [-0.25, -0.2) is 0 Å². The zero-order valence-corrected chi connectivity index (χ0v) is 46.1. The van der Waals surface area contributed by atoms with E-state index in [2.05, 4.69) is 215 Å². The average Bonchev–Trinajstić information content (AvgIpc) is 3.35. The molecule has 0 radical (unpaired) electrons. The molecule has 3 aromatic carbocycles. The number of aromatic nitrogens is 3. The lowest BCUT2D eigenvalue weighted by atomic mass is 10.0. The number of rotatable bonds is 14. The van der Waals surface area contributed by atoms with Gasteiger partial charge in [0.1, 0.15) is 0 Å². The van der Waals surface area contributed by atoms with Gasteiger partial charge >= 0.3 is 0 Å². The fourth-order valence-electron chi connectivity index (χ4n) is 6.38. The predicted molar refractivity (Wildman–Crippen MR) is 299 cm³/mol. The molecule has 6 rings (SSSR count). The number of pyridine rings is 3. The van der Waals surface area contributed by atoms with Crippen LogP contribution in [0.3, 0.4) is 0 Å². The van der Waals surface area contributed by atoms with Crippen molar-refractivity contribution in [2.75, 3.05) is 28.2 Å². The lowest BCUT2D eigenvalue weighted by Gasteiger charge is -2.11. The minimum atomic E-state index is 0.0262. The topological polar surface area (TPSA) is 138 Å². The molecule has 70 heavy (non-hydrogen) atoms. The second-order valence-corrected chi connectivity index (χ2v) is 20.1. The highest BCUT2D eigenvalue weighted by molar-refractivity contribution is 5.26. The lowest BCUT2D eigenvalue weighted by molar-refractivity contribution is 0.277. The molecule has 0 saturated carbocycles. The Morgan fingerprint density at radius 2 is 0.643 bits per heavy atom. The molecular formula is C61H93N7O2. The van der Waals surface area contributed by atoms with Crippen molar-refractivity contribution in [3.05, 3.63) is 195 Å². The van der Waals surface area contributed by atoms with Crippen LogP contribution in [0.4, 0.5) is 0 Å². The molecule has 3 heterocycles. The molecule has 0 atom stereocenters. The van der Waals surface area contributed by atoms with Crippen LogP contribution in [0.2, 0.25) is 0 Å². The molecule has 6 N–H and O–H groups in total. The Morgan fingerprint density at radius 3 is 0.900 bits per heavy atom. The third kappa shape index (κ3) is 26.7. The minimum absolute atomic E-state index is 0.0262. The summed E-state index contributed by atoms with van der Waals surface area (Å²) in [5.74, 6) is 3.45. The van der Waals surface area contributed by atoms with Crippen molar-refractivity contribution >= 4 is 0 Å². The maximum atomic E-state index is 8.77. The second kappa shape index (κ2) is 35.0. The van der Waals surface area contributed by atoms with Crippen LogP contribution in [0.5, 0.6) is 0 Å². The van der Waals surface area contributed by atoms with Gasteiger partial charge in [0.25, 0.3) is 0 Å². The summed E-state index contributed by atoms with van der Waals surface area (Å²) in [6.45, 7) is 29.3. The monoisotopic (exact) mass is 956 g/mol. The Labute approximate surface area is 425 Å². The van der Waals surface area contributed by atoms with Crippen LogP contribution in [-0.4, -0.2) is 63.2 Å². The van der Waals surface area contributed by atoms with Crippen LogP contribution < -0.4 is 11.5 Å². The molecular weight excluding hydrogens is 863 g/mol. The van der Waals surface area contributed by atoms with Gasteiger partial charge in [0, 0.05) is 44.8 Å². The van der Waals surface area contributed by atoms with Gasteiger partial charge in [-0.1, -0.05) is 174 Å². The Balaban J connectivity index is 0.000000421. The summed E-state index contributed by atoms with van der Waals surface area (Å²) in [7, 11) is 8.29. The Kier molecular flexibility index (Phi) is 31.5. The third-order valence-electron chi connectivity index (χ3n) is 11.2. The van der Waals surface area contributed by atoms with Crippen molar-refractivity contribution in [3.8, 4) is 0 Å². The van der Waals surface area contributed by atoms with E-state index in [1.165, 1.54) is 44.5 Å². The zero-order valence-electron chi connectivity index (χ0n) is 46.1. The molecule has 6 aromatic rings. The summed E-state index contributed by atoms with van der Waals surface area (Å²) < 4.78 is 0. The Bertz CT molecular complexity index is 1920. The van der Waals surface area contributed by atoms with E-state index in [1.807, 2.05) is 48.9 Å². The van der Waals surface area contributed by atoms with E-state index in [1.54, 1.807) is 0 Å². The van der Waals surface area contributed by atoms with E-state index in [9.17, 15) is 0 Å². The number of nitrogens with two attached hydrogens (primary N) is 2. The van der Waals surface area contributed by atoms with E-state index in [-0.39, 0.29) is 13.2 Å². The highest BCUT2D eigenvalue weighted by Gasteiger charge is 2.03. The molecule has 0 aliphatic heterocycles. The molecule has 0 saturated heterocycles. The fourth-order valence-corrected chi connectivity index (χ4v) is 6.38. The number of benzene rings is 3. The SMILES string of the molecule is CC(C)c1ccc(CN(C)C)cc1.CC(C)c1ccc(CN(C)C)nc1.CC(C)c1ccc(CN)cc1.CC(C)c1ccc(CN)nc1.CC(C)c1ccc(CO)cc1.CC(C)c1ccc(CO)nc1. The normalized spacial score (nSPS) is 10.8. The highest BCUT2D eigenvalue weighted by atomic mass is 16.3. The van der Waals surface area contributed by atoms with Crippen molar-refractivity contribution in [2.24, 2.45) is 11.5 Å². The van der Waals surface area contributed by atoms with Gasteiger partial charge < -0.3 is 31.5 Å². The molecule has 384 valence electrons. The first-order chi connectivity index (χ1) is 33.1. The van der Waals surface area contributed by atoms with E-state index in [4.69, 9.17) is 21.7 Å². The van der Waals surface area contributed by atoms with Gasteiger partial charge in [0.2, 0.25) is 0 Å². The minimum Gasteiger partial charge on any atom is -0.392 e. The third-order valence-corrected chi connectivity index (χ3v) is 11.2. The van der Waals surface area contributed by atoms with Crippen LogP contribution in [-0.2, 0) is 39.4 Å². The number of hydrogen-bond acceptors (Lipinski definition) is 9. The summed E-state index contributed by atoms with van der Waals surface area (Å²) in [4.78, 5) is 17.0. The first-order valence-corrected chi connectivity index (χ1v) is 25.2. The largest absolute Gasteiger partial charge is 0.392 e. The van der Waals surface area contributed by atoms with Crippen molar-refractivity contribution < 1.29 is 10.2 Å². The van der Waals surface area contributed by atoms with Crippen LogP contribution >= 0.6 is 0 Å². The van der Waals surface area contributed by atoms with E-state index >= 15 is 0 Å². The standard InChI is InChI=1S/C12H19N.C11H18N2.C10H15N.C10H14O.C9H14N2.C9H13NO/c1-10(2)12-7-5-11(6-8-12)9-13(3)4;1-9(2)10-5-6-11(12-7-10)8-13(3)4;2*1-8(2)10-5-3-9(7-11)4-6-10;1-7(2)8-3-4-9(5-10)11-6-8;1-7(2)8-3-4-9(6-11)10-5-8/h5-8,10H,9H2,1-4H3;5-7,9H,8H2,1-4H3;3-6,8H,7,11H2,1-2H3;3-6,8,11H,7H2,1-2H3;3-4,6-7H,5,10H2,1-2H3;3-5,7,11H,6H2,1-2H3. The fraction of sp³-hybridized carbons (Fsp3) is 0.459. The smallest absolute Gasteiger partial charge is 0.0852 e. The van der Waals surface area contributed by atoms with Gasteiger partial charge in [-0.2, -0.15) is 0 Å². The first kappa shape index (κ1) is 62.9. The molecule has 0 amide bonds. The van der Waals surface area contributed by atoms with Gasteiger partial charge in [-0.15, -0.1) is 0 Å². The van der Waals surface area contributed by atoms with Gasteiger partial charge in [0.05, 0.1) is 30.3 Å². The molecule has 0 aliphatic rings. The van der Waals surface area contributed by atoms with Crippen LogP contribution in [0.1, 0.15) is 186 Å². The highest BCUT2D eigenvalue weighted by Crippen LogP contribution is 2.18. The molecule has 9 nitrogen and oxygen atoms in total. The number of hydrogen-bond donors (Lipinski definition) is 4. The van der Waals surface area contributed by atoms with Gasteiger partial charge in [0.15, 0.2) is 0 Å². The quantitative estimate of drug-likeness (QED) is 0.0841. The van der Waals surface area contributed by atoms with Crippen LogP contribution in [0, 0.1) is 0 Å². The molecule has 0 fully saturated rings. The van der Waals surface area contributed by atoms with Crippen molar-refractivity contribution in [3.63, 3.8) is 0 Å². The lowest BCUT2D eigenvalue weighted by Crippen LogP contribution is -2.11. The van der Waals surface area contributed by atoms with Gasteiger partial charge in [-0.3, -0.25) is 15.0 Å². The van der Waals surface area contributed by atoms with Crippen molar-refractivity contribution in [1.29, 1.82) is 0 Å². The Morgan fingerprint density at radius 1 is 0.343 bits per heavy atom. The summed E-state index contributed by atoms with van der Waals surface area (Å²) in [6, 6.07) is 37.6. The maximum Gasteiger partial charge on any atom is 0.0852 e. The van der Waals surface area contributed by atoms with Crippen LogP contribution in [0.25, 0.3) is 0 Å². The van der Waals surface area contributed by atoms with Crippen molar-refractivity contribution in [1.82, 2.24) is 24.8 Å². The van der Waals surface area contributed by atoms with Crippen LogP contribution in [0.15, 0.2) is 128 Å². The summed E-state index contributed by atoms with van der Waals surface area (Å²) in [5.41, 5.74) is 25.2. The maximum absolute atomic E-state index is 8.77. The van der Waals surface area contributed by atoms with Gasteiger partial charge in [-0.05, 0) is 132 Å². The van der Waals surface area contributed by atoms with E-state index in [0.717, 1.165) is 35.7 Å².